The van der Waals surface area contributed by atoms with Crippen molar-refractivity contribution in [2.24, 2.45) is 0 Å². The second-order valence-electron chi connectivity index (χ2n) is 2.86. The number of hydrogen-bond donors (Lipinski definition) is 0. The highest BCUT2D eigenvalue weighted by molar-refractivity contribution is 7.90. The molecule has 0 radical (unpaired) electrons. The van der Waals surface area contributed by atoms with Crippen LogP contribution >= 0.6 is 0 Å². The maximum Gasteiger partial charge on any atom is 0.250 e. The topological polar surface area (TPSA) is 92.9 Å². The Morgan fingerprint density at radius 3 is 2.40 bits per heavy atom. The summed E-state index contributed by atoms with van der Waals surface area (Å²) in [6.07, 6.45) is 0.993. The molecular formula is C8H9N3O3S. The highest BCUT2D eigenvalue weighted by atomic mass is 32.2. The van der Waals surface area contributed by atoms with Gasteiger partial charge in [0.25, 0.3) is 0 Å². The fourth-order valence-electron chi connectivity index (χ4n) is 0.964. The van der Waals surface area contributed by atoms with Crippen LogP contribution in [0.4, 0.5) is 0 Å². The van der Waals surface area contributed by atoms with Crippen molar-refractivity contribution in [3.05, 3.63) is 11.3 Å². The van der Waals surface area contributed by atoms with Crippen molar-refractivity contribution in [2.45, 2.75) is 12.1 Å². The van der Waals surface area contributed by atoms with Crippen LogP contribution < -0.4 is 4.74 Å². The fourth-order valence-corrected chi connectivity index (χ4v) is 1.52. The first-order chi connectivity index (χ1) is 6.90. The lowest BCUT2D eigenvalue weighted by Crippen LogP contribution is -2.08. The molecule has 0 saturated heterocycles. The quantitative estimate of drug-likeness (QED) is 0.664. The largest absolute Gasteiger partial charge is 0.480 e. The number of ether oxygens (including phenoxy) is 1. The number of methoxy groups -OCH3 is 1. The highest BCUT2D eigenvalue weighted by Crippen LogP contribution is 2.18. The maximum atomic E-state index is 11.2. The van der Waals surface area contributed by atoms with Gasteiger partial charge in [0.15, 0.2) is 0 Å². The van der Waals surface area contributed by atoms with Gasteiger partial charge in [-0.25, -0.2) is 13.4 Å². The lowest BCUT2D eigenvalue weighted by Gasteiger charge is -2.05. The lowest BCUT2D eigenvalue weighted by atomic mass is 10.2. The van der Waals surface area contributed by atoms with Crippen LogP contribution in [-0.4, -0.2) is 31.8 Å². The van der Waals surface area contributed by atoms with E-state index in [1.165, 1.54) is 14.0 Å². The van der Waals surface area contributed by atoms with Crippen molar-refractivity contribution in [2.75, 3.05) is 13.4 Å². The zero-order chi connectivity index (χ0) is 11.6. The summed E-state index contributed by atoms with van der Waals surface area (Å²) < 4.78 is 27.2. The highest BCUT2D eigenvalue weighted by Gasteiger charge is 2.17. The van der Waals surface area contributed by atoms with Gasteiger partial charge in [-0.05, 0) is 6.92 Å². The van der Waals surface area contributed by atoms with E-state index in [0.29, 0.717) is 0 Å². The molecule has 0 fully saturated rings. The van der Waals surface area contributed by atoms with Crippen LogP contribution in [0.15, 0.2) is 5.16 Å². The monoisotopic (exact) mass is 227 g/mol. The summed E-state index contributed by atoms with van der Waals surface area (Å²) in [6.45, 7) is 1.53. The molecule has 1 heterocycles. The molecule has 0 amide bonds. The van der Waals surface area contributed by atoms with E-state index in [4.69, 9.17) is 10.00 Å². The van der Waals surface area contributed by atoms with Crippen molar-refractivity contribution in [1.82, 2.24) is 9.97 Å². The molecule has 0 aromatic carbocycles. The predicted molar refractivity (Wildman–Crippen MR) is 51.1 cm³/mol. The van der Waals surface area contributed by atoms with Gasteiger partial charge in [-0.2, -0.15) is 10.2 Å². The Labute approximate surface area is 87.5 Å². The summed E-state index contributed by atoms with van der Waals surface area (Å²) in [5, 5.41) is 8.43. The smallest absolute Gasteiger partial charge is 0.250 e. The lowest BCUT2D eigenvalue weighted by molar-refractivity contribution is 0.389. The Bertz CT molecular complexity index is 531. The van der Waals surface area contributed by atoms with Crippen LogP contribution in [0.5, 0.6) is 5.88 Å². The molecule has 15 heavy (non-hydrogen) atoms. The van der Waals surface area contributed by atoms with E-state index in [2.05, 4.69) is 9.97 Å². The summed E-state index contributed by atoms with van der Waals surface area (Å²) in [6, 6.07) is 1.85. The summed E-state index contributed by atoms with van der Waals surface area (Å²) >= 11 is 0. The summed E-state index contributed by atoms with van der Waals surface area (Å²) in [5.41, 5.74) is 0.426. The SMILES string of the molecule is COc1nc(S(C)(=O)=O)nc(C)c1C#N. The van der Waals surface area contributed by atoms with Crippen molar-refractivity contribution < 1.29 is 13.2 Å². The van der Waals surface area contributed by atoms with Gasteiger partial charge in [-0.15, -0.1) is 0 Å². The Balaban J connectivity index is 3.54. The molecule has 1 rings (SSSR count). The zero-order valence-electron chi connectivity index (χ0n) is 8.47. The van der Waals surface area contributed by atoms with Crippen molar-refractivity contribution in [3.8, 4) is 11.9 Å². The van der Waals surface area contributed by atoms with Crippen LogP contribution in [0.1, 0.15) is 11.3 Å². The van der Waals surface area contributed by atoms with Gasteiger partial charge in [-0.3, -0.25) is 0 Å². The summed E-state index contributed by atoms with van der Waals surface area (Å²) in [5.74, 6) is -0.0228. The number of sulfone groups is 1. The van der Waals surface area contributed by atoms with E-state index in [-0.39, 0.29) is 22.3 Å². The molecule has 0 spiro atoms. The molecule has 80 valence electrons. The van der Waals surface area contributed by atoms with Crippen LogP contribution in [0.25, 0.3) is 0 Å². The molecule has 0 aliphatic carbocycles. The van der Waals surface area contributed by atoms with Crippen molar-refractivity contribution in [3.63, 3.8) is 0 Å². The number of nitriles is 1. The Morgan fingerprint density at radius 2 is 2.00 bits per heavy atom. The average molecular weight is 227 g/mol. The van der Waals surface area contributed by atoms with E-state index < -0.39 is 9.84 Å². The summed E-state index contributed by atoms with van der Waals surface area (Å²) in [7, 11) is -2.18. The molecule has 0 bridgehead atoms. The molecule has 0 atom stereocenters. The fraction of sp³-hybridized carbons (Fsp3) is 0.375. The van der Waals surface area contributed by atoms with Crippen LogP contribution in [0, 0.1) is 18.3 Å². The Hall–Kier alpha value is -1.68. The van der Waals surface area contributed by atoms with E-state index in [1.807, 2.05) is 6.07 Å². The number of rotatable bonds is 2. The van der Waals surface area contributed by atoms with Crippen molar-refractivity contribution in [1.29, 1.82) is 5.26 Å². The molecule has 0 aliphatic rings. The minimum absolute atomic E-state index is 0.0228. The molecule has 0 saturated carbocycles. The van der Waals surface area contributed by atoms with Gasteiger partial charge < -0.3 is 4.74 Å². The summed E-state index contributed by atoms with van der Waals surface area (Å²) in [4.78, 5) is 7.37. The first kappa shape index (κ1) is 11.4. The van der Waals surface area contributed by atoms with Gasteiger partial charge >= 0.3 is 0 Å². The van der Waals surface area contributed by atoms with Crippen LogP contribution in [0.3, 0.4) is 0 Å². The number of hydrogen-bond acceptors (Lipinski definition) is 6. The molecule has 0 N–H and O–H groups in total. The van der Waals surface area contributed by atoms with Crippen molar-refractivity contribution >= 4 is 9.84 Å². The Morgan fingerprint density at radius 1 is 1.40 bits per heavy atom. The molecular weight excluding hydrogens is 218 g/mol. The second kappa shape index (κ2) is 3.82. The zero-order valence-corrected chi connectivity index (χ0v) is 9.29. The molecule has 1 aromatic heterocycles. The van der Waals surface area contributed by atoms with Gasteiger partial charge in [0, 0.05) is 6.26 Å². The minimum Gasteiger partial charge on any atom is -0.480 e. The third kappa shape index (κ3) is 2.22. The third-order valence-corrected chi connectivity index (χ3v) is 2.52. The number of aromatic nitrogens is 2. The van der Waals surface area contributed by atoms with E-state index >= 15 is 0 Å². The first-order valence-corrected chi connectivity index (χ1v) is 5.82. The van der Waals surface area contributed by atoms with Gasteiger partial charge in [0.1, 0.15) is 11.6 Å². The van der Waals surface area contributed by atoms with Crippen LogP contribution in [0.2, 0.25) is 0 Å². The average Bonchev–Trinajstić information content (AvgIpc) is 2.15. The van der Waals surface area contributed by atoms with Gasteiger partial charge in [0.05, 0.1) is 12.8 Å². The molecule has 7 heteroatoms. The van der Waals surface area contributed by atoms with Gasteiger partial charge in [0.2, 0.25) is 20.9 Å². The van der Waals surface area contributed by atoms with E-state index in [0.717, 1.165) is 6.26 Å². The molecule has 6 nitrogen and oxygen atoms in total. The van der Waals surface area contributed by atoms with E-state index in [9.17, 15) is 8.42 Å². The number of aryl methyl sites for hydroxylation is 1. The standard InChI is InChI=1S/C8H9N3O3S/c1-5-6(4-9)7(14-2)11-8(10-5)15(3,12)13/h1-3H3. The minimum atomic E-state index is -3.49. The molecule has 0 aliphatic heterocycles. The molecule has 1 aromatic rings. The Kier molecular flexibility index (Phi) is 2.90. The molecule has 0 unspecified atom stereocenters. The van der Waals surface area contributed by atoms with Crippen LogP contribution in [-0.2, 0) is 9.84 Å². The first-order valence-electron chi connectivity index (χ1n) is 3.93. The second-order valence-corrected chi connectivity index (χ2v) is 4.77. The third-order valence-electron chi connectivity index (χ3n) is 1.67. The van der Waals surface area contributed by atoms with E-state index in [1.54, 1.807) is 0 Å². The predicted octanol–water partition coefficient (Wildman–Crippen LogP) is 0.0688. The number of nitrogens with zero attached hydrogens (tertiary/aromatic N) is 3. The normalized spacial score (nSPS) is 10.8. The maximum absolute atomic E-state index is 11.2. The van der Waals surface area contributed by atoms with Gasteiger partial charge in [-0.1, -0.05) is 0 Å².